The highest BCUT2D eigenvalue weighted by molar-refractivity contribution is 6.05. The molecule has 0 fully saturated rings. The molecule has 1 heterocycles. The highest BCUT2D eigenvalue weighted by Crippen LogP contribution is 2.35. The maximum absolute atomic E-state index is 12.8. The summed E-state index contributed by atoms with van der Waals surface area (Å²) in [6.45, 7) is 4.24. The van der Waals surface area contributed by atoms with Crippen LogP contribution in [0.5, 0.6) is 28.9 Å². The Morgan fingerprint density at radius 2 is 1.45 bits per heavy atom. The maximum atomic E-state index is 12.8. The number of fused-ring (bicyclic) bond motifs is 1. The number of ketones is 1. The number of allylic oxidation sites excluding steroid dienone is 2. The van der Waals surface area contributed by atoms with Crippen LogP contribution in [0.4, 0.5) is 0 Å². The van der Waals surface area contributed by atoms with Crippen molar-refractivity contribution in [3.63, 3.8) is 0 Å². The molecule has 0 saturated heterocycles. The molecule has 0 aliphatic heterocycles. The summed E-state index contributed by atoms with van der Waals surface area (Å²) in [4.78, 5) is 17.6. The van der Waals surface area contributed by atoms with Gasteiger partial charge in [0.15, 0.2) is 5.78 Å². The second-order valence-electron chi connectivity index (χ2n) is 8.88. The van der Waals surface area contributed by atoms with Crippen molar-refractivity contribution < 1.29 is 23.7 Å². The van der Waals surface area contributed by atoms with Crippen LogP contribution in [0.25, 0.3) is 23.1 Å². The molecule has 0 atom stereocenters. The summed E-state index contributed by atoms with van der Waals surface area (Å²) in [5, 5.41) is 0.951. The molecule has 4 aromatic rings. The molecule has 4 rings (SSSR count). The zero-order valence-electron chi connectivity index (χ0n) is 22.2. The van der Waals surface area contributed by atoms with Crippen molar-refractivity contribution in [1.82, 2.24) is 4.98 Å². The molecule has 0 unspecified atom stereocenters. The fourth-order valence-electron chi connectivity index (χ4n) is 4.06. The van der Waals surface area contributed by atoms with Crippen molar-refractivity contribution in [2.45, 2.75) is 19.8 Å². The lowest BCUT2D eigenvalue weighted by atomic mass is 10.0. The topological polar surface area (TPSA) is 66.9 Å². The van der Waals surface area contributed by atoms with Crippen LogP contribution in [0.15, 0.2) is 78.9 Å². The molecule has 6 heteroatoms. The Bertz CT molecular complexity index is 1480. The van der Waals surface area contributed by atoms with Gasteiger partial charge in [0, 0.05) is 23.1 Å². The van der Waals surface area contributed by atoms with Crippen molar-refractivity contribution in [1.29, 1.82) is 0 Å². The molecule has 0 spiro atoms. The van der Waals surface area contributed by atoms with Crippen LogP contribution in [0.1, 0.15) is 36.5 Å². The summed E-state index contributed by atoms with van der Waals surface area (Å²) in [7, 11) is 4.68. The van der Waals surface area contributed by atoms with Crippen LogP contribution in [-0.2, 0) is 4.79 Å². The summed E-state index contributed by atoms with van der Waals surface area (Å²) >= 11 is 0. The smallest absolute Gasteiger partial charge is 0.227 e. The molecule has 0 bridgehead atoms. The Balaban J connectivity index is 1.66. The first-order valence-corrected chi connectivity index (χ1v) is 12.3. The van der Waals surface area contributed by atoms with Gasteiger partial charge < -0.3 is 18.9 Å². The normalized spacial score (nSPS) is 11.4. The highest BCUT2D eigenvalue weighted by Gasteiger charge is 2.13. The molecular weight excluding hydrogens is 478 g/mol. The molecule has 3 aromatic carbocycles. The summed E-state index contributed by atoms with van der Waals surface area (Å²) in [5.74, 6) is 2.90. The number of para-hydroxylation sites is 2. The molecular formula is C32H31NO5. The van der Waals surface area contributed by atoms with Crippen molar-refractivity contribution in [3.05, 3.63) is 95.6 Å². The maximum Gasteiger partial charge on any atom is 0.227 e. The van der Waals surface area contributed by atoms with Gasteiger partial charge in [-0.1, -0.05) is 50.2 Å². The summed E-state index contributed by atoms with van der Waals surface area (Å²) in [5.41, 5.74) is 3.23. The van der Waals surface area contributed by atoms with Crippen LogP contribution in [0, 0.1) is 0 Å². The van der Waals surface area contributed by atoms with Gasteiger partial charge >= 0.3 is 0 Å². The number of nitrogens with zero attached hydrogens (tertiary/aromatic N) is 1. The van der Waals surface area contributed by atoms with E-state index in [1.165, 1.54) is 12.2 Å². The van der Waals surface area contributed by atoms with E-state index in [-0.39, 0.29) is 11.7 Å². The number of benzene rings is 3. The Labute approximate surface area is 223 Å². The standard InChI is InChI=1S/C32H31NO5/c1-21(2)26-11-7-9-13-29(26)38-32-23(18-22-10-6-8-12-28(22)33-32)14-15-24(34)16-17-27-30(36-4)19-25(35-3)20-31(27)37-5/h6-21H,1-5H3/b15-14+,17-16+. The number of hydrogen-bond acceptors (Lipinski definition) is 6. The fraction of sp³-hybridized carbons (Fsp3) is 0.188. The number of rotatable bonds is 10. The number of aromatic nitrogens is 1. The highest BCUT2D eigenvalue weighted by atomic mass is 16.5. The Morgan fingerprint density at radius 3 is 2.13 bits per heavy atom. The number of pyridine rings is 1. The Hall–Kier alpha value is -4.58. The van der Waals surface area contributed by atoms with Crippen molar-refractivity contribution in [3.8, 4) is 28.9 Å². The third kappa shape index (κ3) is 6.03. The summed E-state index contributed by atoms with van der Waals surface area (Å²) in [6, 6.07) is 21.2. The van der Waals surface area contributed by atoms with Crippen molar-refractivity contribution >= 4 is 28.8 Å². The first kappa shape index (κ1) is 26.5. The molecule has 0 aliphatic rings. The number of carbonyl (C=O) groups is 1. The Morgan fingerprint density at radius 1 is 0.789 bits per heavy atom. The van der Waals surface area contributed by atoms with Gasteiger partial charge in [0.2, 0.25) is 5.88 Å². The average Bonchev–Trinajstić information content (AvgIpc) is 2.94. The van der Waals surface area contributed by atoms with E-state index in [2.05, 4.69) is 13.8 Å². The first-order valence-electron chi connectivity index (χ1n) is 12.3. The lowest BCUT2D eigenvalue weighted by Crippen LogP contribution is -1.97. The van der Waals surface area contributed by atoms with E-state index < -0.39 is 0 Å². The molecule has 0 saturated carbocycles. The minimum absolute atomic E-state index is 0.216. The molecule has 194 valence electrons. The Kier molecular flexibility index (Phi) is 8.44. The molecule has 38 heavy (non-hydrogen) atoms. The lowest BCUT2D eigenvalue weighted by molar-refractivity contribution is -0.110. The summed E-state index contributed by atoms with van der Waals surface area (Å²) < 4.78 is 22.5. The van der Waals surface area contributed by atoms with E-state index in [4.69, 9.17) is 23.9 Å². The SMILES string of the molecule is COc1cc(OC)c(/C=C/C(=O)/C=C/c2cc3ccccc3nc2Oc2ccccc2C(C)C)c(OC)c1. The van der Waals surface area contributed by atoms with E-state index in [1.807, 2.05) is 54.6 Å². The fourth-order valence-corrected chi connectivity index (χ4v) is 4.06. The molecule has 0 radical (unpaired) electrons. The van der Waals surface area contributed by atoms with Gasteiger partial charge in [0.25, 0.3) is 0 Å². The lowest BCUT2D eigenvalue weighted by Gasteiger charge is -2.15. The molecule has 6 nitrogen and oxygen atoms in total. The molecule has 0 N–H and O–H groups in total. The van der Waals surface area contributed by atoms with Gasteiger partial charge in [-0.3, -0.25) is 4.79 Å². The number of carbonyl (C=O) groups excluding carboxylic acids is 1. The minimum atomic E-state index is -0.216. The van der Waals surface area contributed by atoms with Crippen LogP contribution in [-0.4, -0.2) is 32.1 Å². The van der Waals surface area contributed by atoms with Crippen LogP contribution in [0.2, 0.25) is 0 Å². The first-order chi connectivity index (χ1) is 18.4. The molecule has 0 aliphatic carbocycles. The minimum Gasteiger partial charge on any atom is -0.496 e. The zero-order valence-corrected chi connectivity index (χ0v) is 22.2. The third-order valence-corrected chi connectivity index (χ3v) is 6.06. The van der Waals surface area contributed by atoms with Crippen LogP contribution >= 0.6 is 0 Å². The summed E-state index contributed by atoms with van der Waals surface area (Å²) in [6.07, 6.45) is 6.35. The second-order valence-corrected chi connectivity index (χ2v) is 8.88. The van der Waals surface area contributed by atoms with E-state index in [1.54, 1.807) is 45.6 Å². The molecule has 0 amide bonds. The van der Waals surface area contributed by atoms with E-state index >= 15 is 0 Å². The van der Waals surface area contributed by atoms with Crippen molar-refractivity contribution in [2.75, 3.05) is 21.3 Å². The average molecular weight is 510 g/mol. The zero-order chi connectivity index (χ0) is 27.1. The predicted molar refractivity (Wildman–Crippen MR) is 152 cm³/mol. The van der Waals surface area contributed by atoms with Gasteiger partial charge in [-0.2, -0.15) is 0 Å². The third-order valence-electron chi connectivity index (χ3n) is 6.06. The van der Waals surface area contributed by atoms with E-state index in [9.17, 15) is 4.79 Å². The van der Waals surface area contributed by atoms with Gasteiger partial charge in [-0.05, 0) is 54.0 Å². The van der Waals surface area contributed by atoms with Crippen molar-refractivity contribution in [2.24, 2.45) is 0 Å². The van der Waals surface area contributed by atoms with E-state index in [0.29, 0.717) is 34.3 Å². The number of hydrogen-bond donors (Lipinski definition) is 0. The molecule has 1 aromatic heterocycles. The predicted octanol–water partition coefficient (Wildman–Crippen LogP) is 7.47. The quantitative estimate of drug-likeness (QED) is 0.207. The van der Waals surface area contributed by atoms with Gasteiger partial charge in [-0.15, -0.1) is 0 Å². The van der Waals surface area contributed by atoms with Gasteiger partial charge in [-0.25, -0.2) is 4.98 Å². The number of ether oxygens (including phenoxy) is 4. The monoisotopic (exact) mass is 509 g/mol. The largest absolute Gasteiger partial charge is 0.496 e. The van der Waals surface area contributed by atoms with Crippen LogP contribution < -0.4 is 18.9 Å². The second kappa shape index (κ2) is 12.1. The van der Waals surface area contributed by atoms with Crippen LogP contribution in [0.3, 0.4) is 0 Å². The van der Waals surface area contributed by atoms with Gasteiger partial charge in [0.05, 0.1) is 32.4 Å². The van der Waals surface area contributed by atoms with Gasteiger partial charge in [0.1, 0.15) is 23.0 Å². The number of methoxy groups -OCH3 is 3. The van der Waals surface area contributed by atoms with E-state index in [0.717, 1.165) is 22.2 Å².